The van der Waals surface area contributed by atoms with Crippen LogP contribution in [-0.2, 0) is 34.4 Å². The van der Waals surface area contributed by atoms with E-state index in [0.717, 1.165) is 50.9 Å². The van der Waals surface area contributed by atoms with E-state index in [1.807, 2.05) is 4.57 Å². The SMILES string of the molecule is CCOC(=O)c1c(C[S+]([O-])c2cccc(C(F)(F)F)c2)n(C2CC2)c2cc(Br)c(O)c(CN3CCCC3)c12.Cl. The summed E-state index contributed by atoms with van der Waals surface area (Å²) in [7, 11) is 0. The number of phenolic OH excluding ortho intramolecular Hbond substituents is 1. The van der Waals surface area contributed by atoms with Crippen molar-refractivity contribution in [2.75, 3.05) is 19.7 Å². The maximum absolute atomic E-state index is 13.5. The fourth-order valence-electron chi connectivity index (χ4n) is 5.21. The number of likely N-dealkylation sites (tertiary alicyclic amines) is 1. The topological polar surface area (TPSA) is 77.8 Å². The number of ether oxygens (including phenoxy) is 1. The lowest BCUT2D eigenvalue weighted by Gasteiger charge is -2.18. The summed E-state index contributed by atoms with van der Waals surface area (Å²) in [5, 5.41) is 11.7. The van der Waals surface area contributed by atoms with Gasteiger partial charge in [-0.05, 0) is 91.0 Å². The van der Waals surface area contributed by atoms with E-state index < -0.39 is 28.9 Å². The van der Waals surface area contributed by atoms with E-state index >= 15 is 0 Å². The Hall–Kier alpha value is -1.92. The summed E-state index contributed by atoms with van der Waals surface area (Å²) in [5.41, 5.74) is 1.11. The summed E-state index contributed by atoms with van der Waals surface area (Å²) in [6.07, 6.45) is -0.752. The molecule has 1 saturated heterocycles. The summed E-state index contributed by atoms with van der Waals surface area (Å²) in [5.74, 6) is -0.729. The molecule has 1 saturated carbocycles. The van der Waals surface area contributed by atoms with E-state index in [0.29, 0.717) is 33.2 Å². The molecule has 2 heterocycles. The quantitative estimate of drug-likeness (QED) is 0.211. The second kappa shape index (κ2) is 11.9. The van der Waals surface area contributed by atoms with Gasteiger partial charge < -0.3 is 19.0 Å². The fraction of sp³-hybridized carbons (Fsp3) is 0.444. The van der Waals surface area contributed by atoms with E-state index in [1.54, 1.807) is 13.0 Å². The molecular formula is C27H29BrClF3N2O4S. The lowest BCUT2D eigenvalue weighted by atomic mass is 10.0. The molecule has 0 radical (unpaired) electrons. The molecule has 3 aromatic rings. The Morgan fingerprint density at radius 2 is 1.92 bits per heavy atom. The van der Waals surface area contributed by atoms with Crippen LogP contribution in [0.5, 0.6) is 5.75 Å². The number of aromatic nitrogens is 1. The summed E-state index contributed by atoms with van der Waals surface area (Å²) in [6.45, 7) is 3.99. The van der Waals surface area contributed by atoms with Crippen molar-refractivity contribution in [2.45, 2.75) is 62.0 Å². The second-order valence-electron chi connectivity index (χ2n) is 9.72. The molecule has 212 valence electrons. The zero-order chi connectivity index (χ0) is 27.2. The van der Waals surface area contributed by atoms with Crippen LogP contribution in [-0.4, -0.2) is 44.8 Å². The van der Waals surface area contributed by atoms with Crippen molar-refractivity contribution >= 4 is 56.4 Å². The summed E-state index contributed by atoms with van der Waals surface area (Å²) in [6, 6.07) is 6.30. The molecule has 2 aromatic carbocycles. The molecule has 0 spiro atoms. The maximum atomic E-state index is 13.5. The smallest absolute Gasteiger partial charge is 0.416 e. The number of nitrogens with zero attached hydrogens (tertiary/aromatic N) is 2. The number of benzene rings is 2. The molecule has 1 atom stereocenters. The lowest BCUT2D eigenvalue weighted by molar-refractivity contribution is -0.137. The molecule has 2 fully saturated rings. The summed E-state index contributed by atoms with van der Waals surface area (Å²) >= 11 is 1.60. The van der Waals surface area contributed by atoms with Gasteiger partial charge in [-0.2, -0.15) is 13.2 Å². The number of carbonyl (C=O) groups is 1. The van der Waals surface area contributed by atoms with Gasteiger partial charge in [-0.15, -0.1) is 12.4 Å². The first-order valence-electron chi connectivity index (χ1n) is 12.6. The zero-order valence-electron chi connectivity index (χ0n) is 21.2. The zero-order valence-corrected chi connectivity index (χ0v) is 24.4. The van der Waals surface area contributed by atoms with E-state index in [-0.39, 0.29) is 47.0 Å². The van der Waals surface area contributed by atoms with Gasteiger partial charge in [0.25, 0.3) is 0 Å². The number of phenols is 1. The van der Waals surface area contributed by atoms with Gasteiger partial charge in [0, 0.05) is 29.6 Å². The number of hydrogen-bond acceptors (Lipinski definition) is 5. The fourth-order valence-corrected chi connectivity index (χ4v) is 6.85. The molecule has 0 amide bonds. The van der Waals surface area contributed by atoms with Crippen LogP contribution in [0.15, 0.2) is 39.7 Å². The van der Waals surface area contributed by atoms with E-state index in [9.17, 15) is 27.6 Å². The molecule has 6 nitrogen and oxygen atoms in total. The number of hydrogen-bond donors (Lipinski definition) is 1. The van der Waals surface area contributed by atoms with Gasteiger partial charge in [-0.25, -0.2) is 4.79 Å². The van der Waals surface area contributed by atoms with Crippen LogP contribution in [0.4, 0.5) is 13.2 Å². The number of alkyl halides is 3. The average Bonchev–Trinajstić information content (AvgIpc) is 3.47. The minimum atomic E-state index is -4.56. The minimum absolute atomic E-state index is 0. The lowest BCUT2D eigenvalue weighted by Crippen LogP contribution is -2.19. The number of aromatic hydroxyl groups is 1. The summed E-state index contributed by atoms with van der Waals surface area (Å²) in [4.78, 5) is 15.7. The van der Waals surface area contributed by atoms with E-state index in [4.69, 9.17) is 4.74 Å². The highest BCUT2D eigenvalue weighted by Gasteiger charge is 2.37. The molecule has 1 N–H and O–H groups in total. The third-order valence-electron chi connectivity index (χ3n) is 7.09. The van der Waals surface area contributed by atoms with Crippen molar-refractivity contribution in [3.63, 3.8) is 0 Å². The Labute approximate surface area is 242 Å². The van der Waals surface area contributed by atoms with Gasteiger partial charge in [0.15, 0.2) is 10.6 Å². The van der Waals surface area contributed by atoms with E-state index in [1.165, 1.54) is 12.1 Å². The summed E-state index contributed by atoms with van der Waals surface area (Å²) < 4.78 is 61.4. The molecule has 1 aliphatic carbocycles. The molecule has 0 bridgehead atoms. The average molecular weight is 650 g/mol. The van der Waals surface area contributed by atoms with Crippen LogP contribution in [0.25, 0.3) is 10.9 Å². The predicted octanol–water partition coefficient (Wildman–Crippen LogP) is 6.97. The standard InChI is InChI=1S/C27H28BrF3N2O4S.ClH/c1-2-37-26(35)24-22(15-38(36)18-7-5-6-16(12-18)27(29,30)31)33(17-8-9-17)21-13-20(28)25(34)19(23(21)24)14-32-10-3-4-11-32;/h5-7,12-13,17,34H,2-4,8-11,14-15H2,1H3;1H. The van der Waals surface area contributed by atoms with Crippen LogP contribution in [0.1, 0.15) is 65.8 Å². The molecule has 2 aliphatic rings. The van der Waals surface area contributed by atoms with Crippen LogP contribution >= 0.6 is 28.3 Å². The Balaban J connectivity index is 0.00000353. The Bertz CT molecular complexity index is 1370. The van der Waals surface area contributed by atoms with Crippen LogP contribution in [0.2, 0.25) is 0 Å². The monoisotopic (exact) mass is 648 g/mol. The van der Waals surface area contributed by atoms with Gasteiger partial charge in [-0.3, -0.25) is 4.90 Å². The van der Waals surface area contributed by atoms with Gasteiger partial charge in [0.2, 0.25) is 0 Å². The first-order chi connectivity index (χ1) is 18.1. The highest BCUT2D eigenvalue weighted by atomic mass is 79.9. The van der Waals surface area contributed by atoms with Crippen molar-refractivity contribution in [2.24, 2.45) is 0 Å². The molecular weight excluding hydrogens is 621 g/mol. The van der Waals surface area contributed by atoms with Crippen LogP contribution in [0, 0.1) is 0 Å². The highest BCUT2D eigenvalue weighted by molar-refractivity contribution is 9.10. The van der Waals surface area contributed by atoms with Gasteiger partial charge in [0.1, 0.15) is 5.75 Å². The van der Waals surface area contributed by atoms with E-state index in [2.05, 4.69) is 20.8 Å². The first kappa shape index (κ1) is 30.0. The van der Waals surface area contributed by atoms with Crippen molar-refractivity contribution in [1.82, 2.24) is 9.47 Å². The Kier molecular flexibility index (Phi) is 9.17. The van der Waals surface area contributed by atoms with Crippen molar-refractivity contribution < 1.29 is 32.4 Å². The number of fused-ring (bicyclic) bond motifs is 1. The number of esters is 1. The largest absolute Gasteiger partial charge is 0.611 e. The third-order valence-corrected chi connectivity index (χ3v) is 9.01. The molecule has 1 aromatic heterocycles. The van der Waals surface area contributed by atoms with Gasteiger partial charge in [0.05, 0.1) is 33.4 Å². The molecule has 12 heteroatoms. The number of halogens is 5. The molecule has 1 unspecified atom stereocenters. The van der Waals surface area contributed by atoms with Crippen LogP contribution in [0.3, 0.4) is 0 Å². The maximum Gasteiger partial charge on any atom is 0.416 e. The van der Waals surface area contributed by atoms with Crippen molar-refractivity contribution in [3.05, 3.63) is 57.2 Å². The minimum Gasteiger partial charge on any atom is -0.611 e. The van der Waals surface area contributed by atoms with Crippen LogP contribution < -0.4 is 0 Å². The number of carbonyl (C=O) groups excluding carboxylic acids is 1. The predicted molar refractivity (Wildman–Crippen MR) is 149 cm³/mol. The Morgan fingerprint density at radius 3 is 2.54 bits per heavy atom. The normalized spacial score (nSPS) is 16.9. The number of rotatable bonds is 8. The van der Waals surface area contributed by atoms with Crippen molar-refractivity contribution in [3.8, 4) is 5.75 Å². The second-order valence-corrected chi connectivity index (χ2v) is 12.0. The first-order valence-corrected chi connectivity index (χ1v) is 14.7. The van der Waals surface area contributed by atoms with Gasteiger partial charge in [-0.1, -0.05) is 6.07 Å². The third kappa shape index (κ3) is 6.07. The molecule has 1 aliphatic heterocycles. The molecule has 39 heavy (non-hydrogen) atoms. The van der Waals surface area contributed by atoms with Crippen molar-refractivity contribution in [1.29, 1.82) is 0 Å². The van der Waals surface area contributed by atoms with Gasteiger partial charge >= 0.3 is 12.1 Å². The highest BCUT2D eigenvalue weighted by Crippen LogP contribution is 2.47. The molecule has 5 rings (SSSR count). The Morgan fingerprint density at radius 1 is 1.23 bits per heavy atom.